The van der Waals surface area contributed by atoms with Crippen LogP contribution in [0.1, 0.15) is 10.4 Å². The maximum atomic E-state index is 13.0. The number of hydrogen-bond acceptors (Lipinski definition) is 1. The van der Waals surface area contributed by atoms with Gasteiger partial charge >= 0.3 is 4.83 Å². The SMILES string of the molecule is O=C(c1ccc(Cl)cc1F)C(F)(F)Br. The molecule has 0 heterocycles. The van der Waals surface area contributed by atoms with Gasteiger partial charge in [0.05, 0.1) is 5.56 Å². The fourth-order valence-electron chi connectivity index (χ4n) is 0.826. The van der Waals surface area contributed by atoms with Crippen molar-refractivity contribution in [2.24, 2.45) is 0 Å². The molecule has 0 aliphatic rings. The molecule has 0 unspecified atom stereocenters. The van der Waals surface area contributed by atoms with Crippen LogP contribution in [0.2, 0.25) is 5.02 Å². The highest BCUT2D eigenvalue weighted by Crippen LogP contribution is 2.28. The lowest BCUT2D eigenvalue weighted by molar-refractivity contribution is 0.0588. The average molecular weight is 287 g/mol. The molecule has 0 saturated carbocycles. The fraction of sp³-hybridized carbons (Fsp3) is 0.125. The molecule has 0 aliphatic carbocycles. The summed E-state index contributed by atoms with van der Waals surface area (Å²) in [5, 5.41) is 0.0388. The van der Waals surface area contributed by atoms with Crippen LogP contribution in [-0.2, 0) is 0 Å². The standard InChI is InChI=1S/C8H3BrClF3O/c9-8(12,13)7(14)5-2-1-4(10)3-6(5)11/h1-3H. The van der Waals surface area contributed by atoms with Crippen LogP contribution in [0, 0.1) is 5.82 Å². The van der Waals surface area contributed by atoms with Crippen molar-refractivity contribution < 1.29 is 18.0 Å². The van der Waals surface area contributed by atoms with Crippen LogP contribution in [0.3, 0.4) is 0 Å². The Kier molecular flexibility index (Phi) is 3.21. The third-order valence-electron chi connectivity index (χ3n) is 1.43. The molecule has 0 aliphatic heterocycles. The van der Waals surface area contributed by atoms with Gasteiger partial charge in [-0.25, -0.2) is 4.39 Å². The molecule has 0 amide bonds. The molecule has 0 fully saturated rings. The predicted molar refractivity (Wildman–Crippen MR) is 49.6 cm³/mol. The molecular weight excluding hydrogens is 284 g/mol. The third kappa shape index (κ3) is 2.48. The van der Waals surface area contributed by atoms with E-state index in [-0.39, 0.29) is 5.02 Å². The van der Waals surface area contributed by atoms with E-state index in [0.717, 1.165) is 18.2 Å². The highest BCUT2D eigenvalue weighted by molar-refractivity contribution is 9.10. The quantitative estimate of drug-likeness (QED) is 0.599. The zero-order chi connectivity index (χ0) is 10.9. The van der Waals surface area contributed by atoms with Crippen LogP contribution in [0.5, 0.6) is 0 Å². The van der Waals surface area contributed by atoms with E-state index in [9.17, 15) is 18.0 Å². The molecule has 0 radical (unpaired) electrons. The summed E-state index contributed by atoms with van der Waals surface area (Å²) in [6, 6.07) is 2.87. The van der Waals surface area contributed by atoms with E-state index in [1.165, 1.54) is 0 Å². The van der Waals surface area contributed by atoms with Crippen molar-refractivity contribution >= 4 is 33.3 Å². The molecule has 0 bridgehead atoms. The van der Waals surface area contributed by atoms with Gasteiger partial charge in [-0.1, -0.05) is 11.6 Å². The van der Waals surface area contributed by atoms with Gasteiger partial charge in [-0.2, -0.15) is 8.78 Å². The summed E-state index contributed by atoms with van der Waals surface area (Å²) in [7, 11) is 0. The summed E-state index contributed by atoms with van der Waals surface area (Å²) in [5.41, 5.74) is -0.698. The number of Topliss-reactive ketones (excluding diaryl/α,β-unsaturated/α-hetero) is 1. The van der Waals surface area contributed by atoms with Crippen LogP contribution in [-0.4, -0.2) is 10.6 Å². The van der Waals surface area contributed by atoms with Crippen molar-refractivity contribution in [2.45, 2.75) is 4.83 Å². The highest BCUT2D eigenvalue weighted by Gasteiger charge is 2.37. The monoisotopic (exact) mass is 286 g/mol. The summed E-state index contributed by atoms with van der Waals surface area (Å²) < 4.78 is 37.9. The van der Waals surface area contributed by atoms with Gasteiger partial charge in [0.15, 0.2) is 0 Å². The first kappa shape index (κ1) is 11.5. The number of alkyl halides is 3. The number of halogens is 5. The van der Waals surface area contributed by atoms with Crippen LogP contribution in [0.25, 0.3) is 0 Å². The molecule has 1 nitrogen and oxygen atoms in total. The Bertz CT molecular complexity index is 375. The largest absolute Gasteiger partial charge is 0.363 e. The molecule has 0 spiro atoms. The minimum Gasteiger partial charge on any atom is -0.286 e. The smallest absolute Gasteiger partial charge is 0.286 e. The Morgan fingerprint density at radius 3 is 2.43 bits per heavy atom. The van der Waals surface area contributed by atoms with Gasteiger partial charge in [0.25, 0.3) is 0 Å². The summed E-state index contributed by atoms with van der Waals surface area (Å²) in [4.78, 5) is 7.16. The maximum Gasteiger partial charge on any atom is 0.363 e. The molecule has 0 atom stereocenters. The van der Waals surface area contributed by atoms with E-state index >= 15 is 0 Å². The van der Waals surface area contributed by atoms with Crippen molar-refractivity contribution in [3.63, 3.8) is 0 Å². The average Bonchev–Trinajstić information content (AvgIpc) is 2.01. The molecule has 14 heavy (non-hydrogen) atoms. The van der Waals surface area contributed by atoms with Gasteiger partial charge in [0.2, 0.25) is 5.78 Å². The first-order valence-electron chi connectivity index (χ1n) is 3.39. The first-order valence-corrected chi connectivity index (χ1v) is 4.56. The van der Waals surface area contributed by atoms with Gasteiger partial charge in [-0.3, -0.25) is 4.79 Å². The molecule has 76 valence electrons. The zero-order valence-electron chi connectivity index (χ0n) is 6.53. The number of carbonyl (C=O) groups excluding carboxylic acids is 1. The molecule has 1 aromatic rings. The normalized spacial score (nSPS) is 11.5. The van der Waals surface area contributed by atoms with Gasteiger partial charge in [-0.15, -0.1) is 0 Å². The Morgan fingerprint density at radius 2 is 2.00 bits per heavy atom. The molecule has 6 heteroatoms. The van der Waals surface area contributed by atoms with E-state index in [1.807, 2.05) is 15.9 Å². The summed E-state index contributed by atoms with van der Waals surface area (Å²) >= 11 is 7.24. The minimum atomic E-state index is -3.76. The Labute approximate surface area is 91.0 Å². The predicted octanol–water partition coefficient (Wildman–Crippen LogP) is 3.65. The number of rotatable bonds is 2. The maximum absolute atomic E-state index is 13.0. The van der Waals surface area contributed by atoms with Gasteiger partial charge in [0, 0.05) is 5.02 Å². The van der Waals surface area contributed by atoms with Crippen LogP contribution in [0.15, 0.2) is 18.2 Å². The van der Waals surface area contributed by atoms with Gasteiger partial charge in [0.1, 0.15) is 5.82 Å². The lowest BCUT2D eigenvalue weighted by Gasteiger charge is -2.07. The van der Waals surface area contributed by atoms with Gasteiger partial charge < -0.3 is 0 Å². The van der Waals surface area contributed by atoms with Crippen LogP contribution < -0.4 is 0 Å². The second kappa shape index (κ2) is 3.90. The van der Waals surface area contributed by atoms with Crippen molar-refractivity contribution in [1.82, 2.24) is 0 Å². The lowest BCUT2D eigenvalue weighted by atomic mass is 10.1. The molecule has 0 N–H and O–H groups in total. The molecular formula is C8H3BrClF3O. The van der Waals surface area contributed by atoms with Crippen molar-refractivity contribution in [1.29, 1.82) is 0 Å². The van der Waals surface area contributed by atoms with E-state index in [1.54, 1.807) is 0 Å². The number of hydrogen-bond donors (Lipinski definition) is 0. The van der Waals surface area contributed by atoms with Crippen LogP contribution in [0.4, 0.5) is 13.2 Å². The van der Waals surface area contributed by atoms with Gasteiger partial charge in [-0.05, 0) is 34.1 Å². The van der Waals surface area contributed by atoms with Crippen molar-refractivity contribution in [2.75, 3.05) is 0 Å². The van der Waals surface area contributed by atoms with E-state index in [0.29, 0.717) is 0 Å². The Balaban J connectivity index is 3.15. The lowest BCUT2D eigenvalue weighted by Crippen LogP contribution is -2.21. The number of ketones is 1. The third-order valence-corrected chi connectivity index (χ3v) is 2.03. The van der Waals surface area contributed by atoms with Crippen LogP contribution >= 0.6 is 27.5 Å². The number of benzene rings is 1. The molecule has 0 saturated heterocycles. The second-order valence-electron chi connectivity index (χ2n) is 2.45. The molecule has 1 aromatic carbocycles. The molecule has 1 rings (SSSR count). The summed E-state index contributed by atoms with van der Waals surface area (Å²) in [5.74, 6) is -2.70. The van der Waals surface area contributed by atoms with E-state index in [2.05, 4.69) is 0 Å². The number of carbonyl (C=O) groups is 1. The van der Waals surface area contributed by atoms with Crippen molar-refractivity contribution in [3.8, 4) is 0 Å². The topological polar surface area (TPSA) is 17.1 Å². The van der Waals surface area contributed by atoms with Crippen molar-refractivity contribution in [3.05, 3.63) is 34.6 Å². The highest BCUT2D eigenvalue weighted by atomic mass is 79.9. The Hall–Kier alpha value is -0.550. The second-order valence-corrected chi connectivity index (χ2v) is 3.88. The van der Waals surface area contributed by atoms with E-state index in [4.69, 9.17) is 11.6 Å². The fourth-order valence-corrected chi connectivity index (χ4v) is 1.20. The molecule has 0 aromatic heterocycles. The Morgan fingerprint density at radius 1 is 1.43 bits per heavy atom. The zero-order valence-corrected chi connectivity index (χ0v) is 8.87. The first-order chi connectivity index (χ1) is 6.32. The minimum absolute atomic E-state index is 0.0388. The van der Waals surface area contributed by atoms with E-state index < -0.39 is 22.0 Å². The summed E-state index contributed by atoms with van der Waals surface area (Å²) in [6.07, 6.45) is 0. The summed E-state index contributed by atoms with van der Waals surface area (Å²) in [6.45, 7) is 0.